The monoisotopic (exact) mass is 459 g/mol. The summed E-state index contributed by atoms with van der Waals surface area (Å²) in [6, 6.07) is 24.1. The van der Waals surface area contributed by atoms with E-state index >= 15 is 0 Å². The van der Waals surface area contributed by atoms with Gasteiger partial charge in [0.25, 0.3) is 5.91 Å². The highest BCUT2D eigenvalue weighted by Gasteiger charge is 2.16. The first-order valence-electron chi connectivity index (χ1n) is 11.7. The number of anilines is 3. The number of rotatable bonds is 11. The van der Waals surface area contributed by atoms with Crippen molar-refractivity contribution in [3.63, 3.8) is 0 Å². The third-order valence-corrected chi connectivity index (χ3v) is 5.29. The Morgan fingerprint density at radius 1 is 0.912 bits per heavy atom. The van der Waals surface area contributed by atoms with Gasteiger partial charge in [0, 0.05) is 29.2 Å². The van der Waals surface area contributed by atoms with Crippen LogP contribution in [0.4, 0.5) is 17.1 Å². The minimum atomic E-state index is -0.176. The van der Waals surface area contributed by atoms with Crippen LogP contribution in [0.3, 0.4) is 0 Å². The molecule has 0 aliphatic heterocycles. The Balaban J connectivity index is 1.53. The Labute approximate surface area is 201 Å². The van der Waals surface area contributed by atoms with Crippen LogP contribution in [0.1, 0.15) is 37.6 Å². The van der Waals surface area contributed by atoms with E-state index in [0.717, 1.165) is 17.9 Å². The van der Waals surface area contributed by atoms with E-state index < -0.39 is 0 Å². The summed E-state index contributed by atoms with van der Waals surface area (Å²) in [6.45, 7) is 7.59. The fourth-order valence-electron chi connectivity index (χ4n) is 3.40. The molecule has 34 heavy (non-hydrogen) atoms. The van der Waals surface area contributed by atoms with Gasteiger partial charge in [0.2, 0.25) is 5.91 Å². The highest BCUT2D eigenvalue weighted by Crippen LogP contribution is 2.19. The van der Waals surface area contributed by atoms with Crippen molar-refractivity contribution in [1.29, 1.82) is 0 Å². The van der Waals surface area contributed by atoms with Crippen LogP contribution in [0.2, 0.25) is 0 Å². The fraction of sp³-hybridized carbons (Fsp3) is 0.286. The summed E-state index contributed by atoms with van der Waals surface area (Å²) >= 11 is 0. The van der Waals surface area contributed by atoms with Crippen molar-refractivity contribution in [2.45, 2.75) is 27.2 Å². The van der Waals surface area contributed by atoms with Crippen LogP contribution in [0.25, 0.3) is 0 Å². The van der Waals surface area contributed by atoms with Crippen molar-refractivity contribution in [3.05, 3.63) is 84.4 Å². The molecule has 0 radical (unpaired) electrons. The van der Waals surface area contributed by atoms with Crippen LogP contribution in [-0.4, -0.2) is 31.5 Å². The van der Waals surface area contributed by atoms with Crippen molar-refractivity contribution >= 4 is 28.9 Å². The zero-order valence-electron chi connectivity index (χ0n) is 20.1. The lowest BCUT2D eigenvalue weighted by atomic mass is 10.1. The summed E-state index contributed by atoms with van der Waals surface area (Å²) in [4.78, 5) is 27.2. The molecule has 3 aromatic carbocycles. The SMILES string of the molecule is CCN(C(=O)c1cccc(NCC(=O)Nc2ccc(OCCC(C)C)cc2)c1)c1ccccc1. The van der Waals surface area contributed by atoms with Crippen LogP contribution in [0, 0.1) is 5.92 Å². The lowest BCUT2D eigenvalue weighted by molar-refractivity contribution is -0.114. The maximum absolute atomic E-state index is 13.0. The first-order chi connectivity index (χ1) is 16.5. The van der Waals surface area contributed by atoms with Gasteiger partial charge in [0.05, 0.1) is 13.2 Å². The first-order valence-corrected chi connectivity index (χ1v) is 11.7. The standard InChI is InChI=1S/C28H33N3O3/c1-4-31(25-11-6-5-7-12-25)28(33)22-9-8-10-24(19-22)29-20-27(32)30-23-13-15-26(16-14-23)34-18-17-21(2)3/h5-16,19,21,29H,4,17-18,20H2,1-3H3,(H,30,32). The Kier molecular flexibility index (Phi) is 9.09. The molecule has 6 heteroatoms. The van der Waals surface area contributed by atoms with E-state index in [2.05, 4.69) is 24.5 Å². The van der Waals surface area contributed by atoms with Gasteiger partial charge < -0.3 is 20.3 Å². The molecule has 2 amide bonds. The maximum Gasteiger partial charge on any atom is 0.258 e. The Morgan fingerprint density at radius 2 is 1.65 bits per heavy atom. The number of nitrogens with zero attached hydrogens (tertiary/aromatic N) is 1. The van der Waals surface area contributed by atoms with Crippen LogP contribution < -0.4 is 20.3 Å². The molecule has 0 saturated heterocycles. The van der Waals surface area contributed by atoms with E-state index in [0.29, 0.717) is 36.0 Å². The molecule has 0 saturated carbocycles. The second-order valence-corrected chi connectivity index (χ2v) is 8.42. The predicted octanol–water partition coefficient (Wildman–Crippen LogP) is 5.83. The second-order valence-electron chi connectivity index (χ2n) is 8.42. The molecule has 3 aromatic rings. The molecule has 0 aliphatic rings. The molecule has 0 atom stereocenters. The predicted molar refractivity (Wildman–Crippen MR) is 139 cm³/mol. The molecular weight excluding hydrogens is 426 g/mol. The van der Waals surface area contributed by atoms with E-state index in [1.54, 1.807) is 17.0 Å². The topological polar surface area (TPSA) is 70.7 Å². The quantitative estimate of drug-likeness (QED) is 0.379. The number of nitrogens with one attached hydrogen (secondary N) is 2. The van der Waals surface area contributed by atoms with Crippen molar-refractivity contribution < 1.29 is 14.3 Å². The summed E-state index contributed by atoms with van der Waals surface area (Å²) in [5.74, 6) is 1.12. The molecule has 0 spiro atoms. The van der Waals surface area contributed by atoms with Gasteiger partial charge in [-0.05, 0) is 73.9 Å². The average Bonchev–Trinajstić information content (AvgIpc) is 2.85. The zero-order chi connectivity index (χ0) is 24.3. The van der Waals surface area contributed by atoms with Gasteiger partial charge in [0.15, 0.2) is 0 Å². The number of amides is 2. The Hall–Kier alpha value is -3.80. The van der Waals surface area contributed by atoms with Crippen LogP contribution >= 0.6 is 0 Å². The fourth-order valence-corrected chi connectivity index (χ4v) is 3.40. The Bertz CT molecular complexity index is 1070. The van der Waals surface area contributed by atoms with Gasteiger partial charge in [0.1, 0.15) is 5.75 Å². The zero-order valence-corrected chi connectivity index (χ0v) is 20.1. The number of carbonyl (C=O) groups is 2. The number of benzene rings is 3. The molecule has 6 nitrogen and oxygen atoms in total. The lowest BCUT2D eigenvalue weighted by Gasteiger charge is -2.21. The van der Waals surface area contributed by atoms with Crippen LogP contribution in [-0.2, 0) is 4.79 Å². The van der Waals surface area contributed by atoms with Crippen molar-refractivity contribution in [2.75, 3.05) is 35.2 Å². The highest BCUT2D eigenvalue weighted by atomic mass is 16.5. The summed E-state index contributed by atoms with van der Waals surface area (Å²) in [6.07, 6.45) is 1.000. The number of para-hydroxylation sites is 1. The van der Waals surface area contributed by atoms with Crippen LogP contribution in [0.15, 0.2) is 78.9 Å². The third kappa shape index (κ3) is 7.37. The highest BCUT2D eigenvalue weighted by molar-refractivity contribution is 6.06. The molecule has 178 valence electrons. The summed E-state index contributed by atoms with van der Waals surface area (Å²) < 4.78 is 5.71. The molecular formula is C28H33N3O3. The number of hydrogen-bond donors (Lipinski definition) is 2. The molecule has 0 heterocycles. The molecule has 2 N–H and O–H groups in total. The Morgan fingerprint density at radius 3 is 2.32 bits per heavy atom. The smallest absolute Gasteiger partial charge is 0.258 e. The molecule has 0 bridgehead atoms. The molecule has 3 rings (SSSR count). The molecule has 0 fully saturated rings. The van der Waals surface area contributed by atoms with E-state index in [4.69, 9.17) is 4.74 Å². The van der Waals surface area contributed by atoms with E-state index in [1.807, 2.05) is 73.7 Å². The van der Waals surface area contributed by atoms with E-state index in [9.17, 15) is 9.59 Å². The summed E-state index contributed by atoms with van der Waals surface area (Å²) in [5.41, 5.74) is 2.82. The van der Waals surface area contributed by atoms with Gasteiger partial charge in [-0.15, -0.1) is 0 Å². The minimum absolute atomic E-state index is 0.0838. The largest absolute Gasteiger partial charge is 0.494 e. The molecule has 0 unspecified atom stereocenters. The number of carbonyl (C=O) groups excluding carboxylic acids is 2. The van der Waals surface area contributed by atoms with Crippen molar-refractivity contribution in [1.82, 2.24) is 0 Å². The van der Waals surface area contributed by atoms with Gasteiger partial charge in [-0.1, -0.05) is 38.1 Å². The van der Waals surface area contributed by atoms with Crippen molar-refractivity contribution in [3.8, 4) is 5.75 Å². The minimum Gasteiger partial charge on any atom is -0.494 e. The van der Waals surface area contributed by atoms with Gasteiger partial charge in [-0.2, -0.15) is 0 Å². The maximum atomic E-state index is 13.0. The van der Waals surface area contributed by atoms with E-state index in [1.165, 1.54) is 0 Å². The second kappa shape index (κ2) is 12.4. The molecule has 0 aliphatic carbocycles. The number of hydrogen-bond acceptors (Lipinski definition) is 4. The van der Waals surface area contributed by atoms with E-state index in [-0.39, 0.29) is 18.4 Å². The lowest BCUT2D eigenvalue weighted by Crippen LogP contribution is -2.30. The van der Waals surface area contributed by atoms with Crippen molar-refractivity contribution in [2.24, 2.45) is 5.92 Å². The summed E-state index contributed by atoms with van der Waals surface area (Å²) in [7, 11) is 0. The van der Waals surface area contributed by atoms with Gasteiger partial charge in [-0.25, -0.2) is 0 Å². The normalized spacial score (nSPS) is 10.6. The average molecular weight is 460 g/mol. The van der Waals surface area contributed by atoms with Gasteiger partial charge in [-0.3, -0.25) is 9.59 Å². The molecule has 0 aromatic heterocycles. The van der Waals surface area contributed by atoms with Gasteiger partial charge >= 0.3 is 0 Å². The first kappa shape index (κ1) is 24.8. The summed E-state index contributed by atoms with van der Waals surface area (Å²) in [5, 5.41) is 5.97. The van der Waals surface area contributed by atoms with Crippen LogP contribution in [0.5, 0.6) is 5.75 Å². The third-order valence-electron chi connectivity index (χ3n) is 5.29. The number of ether oxygens (including phenoxy) is 1.